The largest absolute Gasteiger partial charge is 0.345 e. The molecule has 1 aromatic heterocycles. The van der Waals surface area contributed by atoms with Gasteiger partial charge in [0.2, 0.25) is 0 Å². The van der Waals surface area contributed by atoms with Gasteiger partial charge >= 0.3 is 5.69 Å². The second kappa shape index (κ2) is 2.05. The SMILES string of the molecule is O=c1nccc(P)[nH]1. The smallest absolute Gasteiger partial charge is 0.306 e. The van der Waals surface area contributed by atoms with Crippen LogP contribution in [0.3, 0.4) is 0 Å². The van der Waals surface area contributed by atoms with Crippen LogP contribution in [0.2, 0.25) is 0 Å². The summed E-state index contributed by atoms with van der Waals surface area (Å²) in [6, 6.07) is 1.70. The number of nitrogens with one attached hydrogen (secondary N) is 1. The summed E-state index contributed by atoms with van der Waals surface area (Å²) in [4.78, 5) is 16.2. The third-order valence-electron chi connectivity index (χ3n) is 0.697. The van der Waals surface area contributed by atoms with Gasteiger partial charge < -0.3 is 4.98 Å². The zero-order valence-electron chi connectivity index (χ0n) is 4.09. The molecule has 0 bridgehead atoms. The highest BCUT2D eigenvalue weighted by atomic mass is 31.0. The maximum atomic E-state index is 10.3. The highest BCUT2D eigenvalue weighted by Gasteiger charge is 1.80. The summed E-state index contributed by atoms with van der Waals surface area (Å²) in [5.41, 5.74) is 0.447. The molecule has 0 aromatic carbocycles. The molecule has 0 fully saturated rings. The first-order chi connectivity index (χ1) is 3.79. The monoisotopic (exact) mass is 128 g/mol. The van der Waals surface area contributed by atoms with Gasteiger partial charge in [-0.15, -0.1) is 0 Å². The van der Waals surface area contributed by atoms with Gasteiger partial charge in [0.25, 0.3) is 0 Å². The van der Waals surface area contributed by atoms with Crippen LogP contribution >= 0.6 is 9.24 Å². The van der Waals surface area contributed by atoms with E-state index in [-0.39, 0.29) is 5.69 Å². The van der Waals surface area contributed by atoms with Gasteiger partial charge in [0.15, 0.2) is 0 Å². The summed E-state index contributed by atoms with van der Waals surface area (Å²) in [7, 11) is 2.37. The molecule has 0 radical (unpaired) electrons. The number of aromatic amines is 1. The van der Waals surface area contributed by atoms with Crippen LogP contribution in [-0.2, 0) is 0 Å². The zero-order valence-corrected chi connectivity index (χ0v) is 5.24. The molecular formula is C4H5N2OP. The van der Waals surface area contributed by atoms with Gasteiger partial charge in [0, 0.05) is 11.6 Å². The predicted octanol–water partition coefficient (Wildman–Crippen LogP) is -0.730. The number of rotatable bonds is 0. The molecule has 1 atom stereocenters. The van der Waals surface area contributed by atoms with Gasteiger partial charge in [0.05, 0.1) is 0 Å². The molecule has 0 saturated carbocycles. The van der Waals surface area contributed by atoms with Gasteiger partial charge in [-0.2, -0.15) is 0 Å². The summed E-state index contributed by atoms with van der Waals surface area (Å²) in [6.45, 7) is 0. The van der Waals surface area contributed by atoms with E-state index in [1.54, 1.807) is 6.07 Å². The standard InChI is InChI=1S/C4H5N2OP/c7-4-5-2-1-3(8)6-4/h1-2H,8H2,(H,5,6,7). The van der Waals surface area contributed by atoms with Gasteiger partial charge in [-0.25, -0.2) is 9.78 Å². The summed E-state index contributed by atoms with van der Waals surface area (Å²) < 4.78 is 0. The van der Waals surface area contributed by atoms with Crippen molar-refractivity contribution in [2.75, 3.05) is 0 Å². The number of hydrogen-bond donors (Lipinski definition) is 1. The number of H-pyrrole nitrogens is 1. The van der Waals surface area contributed by atoms with Crippen molar-refractivity contribution in [1.29, 1.82) is 0 Å². The van der Waals surface area contributed by atoms with Crippen LogP contribution in [0.15, 0.2) is 17.1 Å². The Morgan fingerprint density at radius 3 is 2.88 bits per heavy atom. The van der Waals surface area contributed by atoms with Gasteiger partial charge in [-0.1, -0.05) is 9.24 Å². The number of aromatic nitrogens is 2. The van der Waals surface area contributed by atoms with E-state index in [0.717, 1.165) is 5.44 Å². The van der Waals surface area contributed by atoms with E-state index in [1.165, 1.54) is 6.20 Å². The first-order valence-electron chi connectivity index (χ1n) is 2.10. The Bertz CT molecular complexity index is 231. The molecule has 1 rings (SSSR count). The second-order valence-corrected chi connectivity index (χ2v) is 1.95. The fraction of sp³-hybridized carbons (Fsp3) is 0. The minimum Gasteiger partial charge on any atom is -0.306 e. The van der Waals surface area contributed by atoms with E-state index in [4.69, 9.17) is 0 Å². The van der Waals surface area contributed by atoms with Crippen molar-refractivity contribution >= 4 is 14.7 Å². The van der Waals surface area contributed by atoms with Crippen molar-refractivity contribution in [2.24, 2.45) is 0 Å². The number of hydrogen-bond acceptors (Lipinski definition) is 2. The molecular weight excluding hydrogens is 123 g/mol. The van der Waals surface area contributed by atoms with Crippen molar-refractivity contribution in [3.63, 3.8) is 0 Å². The molecule has 0 spiro atoms. The van der Waals surface area contributed by atoms with Crippen molar-refractivity contribution < 1.29 is 0 Å². The van der Waals surface area contributed by atoms with Crippen LogP contribution in [0.25, 0.3) is 0 Å². The van der Waals surface area contributed by atoms with Crippen LogP contribution in [-0.4, -0.2) is 9.97 Å². The summed E-state index contributed by atoms with van der Waals surface area (Å²) in [5.74, 6) is 0. The lowest BCUT2D eigenvalue weighted by Gasteiger charge is -1.83. The van der Waals surface area contributed by atoms with Crippen molar-refractivity contribution in [3.8, 4) is 0 Å². The summed E-state index contributed by atoms with van der Waals surface area (Å²) in [6.07, 6.45) is 1.46. The fourth-order valence-corrected chi connectivity index (χ4v) is 0.592. The Morgan fingerprint density at radius 2 is 2.50 bits per heavy atom. The average Bonchev–Trinajstić information content (AvgIpc) is 1.64. The first kappa shape index (κ1) is 5.45. The van der Waals surface area contributed by atoms with E-state index in [0.29, 0.717) is 0 Å². The van der Waals surface area contributed by atoms with Crippen LogP contribution in [0.5, 0.6) is 0 Å². The molecule has 0 aliphatic heterocycles. The molecule has 0 aliphatic carbocycles. The van der Waals surface area contributed by atoms with Crippen molar-refractivity contribution in [2.45, 2.75) is 0 Å². The minimum absolute atomic E-state index is 0.308. The van der Waals surface area contributed by atoms with Crippen molar-refractivity contribution in [3.05, 3.63) is 22.7 Å². The first-order valence-corrected chi connectivity index (χ1v) is 2.67. The predicted molar refractivity (Wildman–Crippen MR) is 34.2 cm³/mol. The normalized spacial score (nSPS) is 9.12. The van der Waals surface area contributed by atoms with E-state index >= 15 is 0 Å². The summed E-state index contributed by atoms with van der Waals surface area (Å²) in [5, 5.41) is 0. The Morgan fingerprint density at radius 1 is 1.75 bits per heavy atom. The summed E-state index contributed by atoms with van der Waals surface area (Å²) >= 11 is 0. The van der Waals surface area contributed by atoms with E-state index in [9.17, 15) is 4.79 Å². The molecule has 8 heavy (non-hydrogen) atoms. The molecule has 0 aliphatic rings. The second-order valence-electron chi connectivity index (χ2n) is 1.33. The fourth-order valence-electron chi connectivity index (χ4n) is 0.383. The Kier molecular flexibility index (Phi) is 1.40. The van der Waals surface area contributed by atoms with E-state index < -0.39 is 0 Å². The average molecular weight is 128 g/mol. The molecule has 42 valence electrons. The molecule has 1 N–H and O–H groups in total. The molecule has 1 heterocycles. The maximum Gasteiger partial charge on any atom is 0.345 e. The molecule has 1 aromatic rings. The van der Waals surface area contributed by atoms with Gasteiger partial charge in [-0.05, 0) is 6.07 Å². The number of nitrogens with zero attached hydrogens (tertiary/aromatic N) is 1. The minimum atomic E-state index is -0.308. The van der Waals surface area contributed by atoms with Crippen LogP contribution in [0.1, 0.15) is 0 Å². The van der Waals surface area contributed by atoms with Gasteiger partial charge in [0.1, 0.15) is 0 Å². The van der Waals surface area contributed by atoms with Crippen LogP contribution < -0.4 is 11.1 Å². The van der Waals surface area contributed by atoms with E-state index in [1.807, 2.05) is 0 Å². The molecule has 0 saturated heterocycles. The lowest BCUT2D eigenvalue weighted by molar-refractivity contribution is 1.10. The Balaban J connectivity index is 3.28. The topological polar surface area (TPSA) is 45.8 Å². The van der Waals surface area contributed by atoms with Crippen molar-refractivity contribution in [1.82, 2.24) is 9.97 Å². The molecule has 1 unspecified atom stereocenters. The molecule has 3 nitrogen and oxygen atoms in total. The lowest BCUT2D eigenvalue weighted by Crippen LogP contribution is -2.15. The highest BCUT2D eigenvalue weighted by molar-refractivity contribution is 7.26. The van der Waals surface area contributed by atoms with Crippen LogP contribution in [0.4, 0.5) is 0 Å². The highest BCUT2D eigenvalue weighted by Crippen LogP contribution is 1.74. The third-order valence-corrected chi connectivity index (χ3v) is 1.03. The molecule has 0 amide bonds. The van der Waals surface area contributed by atoms with Crippen LogP contribution in [0, 0.1) is 0 Å². The maximum absolute atomic E-state index is 10.3. The third kappa shape index (κ3) is 1.14. The van der Waals surface area contributed by atoms with E-state index in [2.05, 4.69) is 19.2 Å². The quantitative estimate of drug-likeness (QED) is 0.468. The zero-order chi connectivity index (χ0) is 5.98. The lowest BCUT2D eigenvalue weighted by atomic mass is 10.7. The Hall–Kier alpha value is -0.690. The Labute approximate surface area is 48.4 Å². The molecule has 4 heteroatoms. The van der Waals surface area contributed by atoms with Gasteiger partial charge in [-0.3, -0.25) is 0 Å².